The third kappa shape index (κ3) is 4.61. The van der Waals surface area contributed by atoms with Crippen LogP contribution in [0.15, 0.2) is 70.3 Å². The molecular weight excluding hydrogens is 448 g/mol. The number of carbonyl (C=O) groups is 1. The van der Waals surface area contributed by atoms with Gasteiger partial charge in [0.25, 0.3) is 0 Å². The Morgan fingerprint density at radius 2 is 1.74 bits per heavy atom. The maximum absolute atomic E-state index is 13.1. The summed E-state index contributed by atoms with van der Waals surface area (Å²) in [7, 11) is 0. The molecule has 8 nitrogen and oxygen atoms in total. The summed E-state index contributed by atoms with van der Waals surface area (Å²) < 4.78 is 7.22. The minimum Gasteiger partial charge on any atom is -0.342 e. The molecule has 5 rings (SSSR count). The van der Waals surface area contributed by atoms with Crippen molar-refractivity contribution in [3.63, 3.8) is 0 Å². The number of rotatable bonds is 7. The van der Waals surface area contributed by atoms with Crippen LogP contribution >= 0.6 is 11.8 Å². The Morgan fingerprint density at radius 1 is 1.03 bits per heavy atom. The zero-order valence-electron chi connectivity index (χ0n) is 19.0. The van der Waals surface area contributed by atoms with Gasteiger partial charge in [-0.25, -0.2) is 0 Å². The van der Waals surface area contributed by atoms with E-state index in [1.54, 1.807) is 6.92 Å². The van der Waals surface area contributed by atoms with Crippen LogP contribution in [0.2, 0.25) is 0 Å². The molecule has 1 fully saturated rings. The summed E-state index contributed by atoms with van der Waals surface area (Å²) in [5.74, 6) is 1.94. The van der Waals surface area contributed by atoms with Crippen molar-refractivity contribution in [1.29, 1.82) is 0 Å². The van der Waals surface area contributed by atoms with E-state index >= 15 is 0 Å². The molecule has 0 aliphatic heterocycles. The van der Waals surface area contributed by atoms with Gasteiger partial charge in [-0.15, -0.1) is 10.2 Å². The van der Waals surface area contributed by atoms with Crippen LogP contribution in [0.3, 0.4) is 0 Å². The Hall–Kier alpha value is -3.46. The number of aryl methyl sites for hydroxylation is 1. The van der Waals surface area contributed by atoms with Crippen LogP contribution in [-0.2, 0) is 10.3 Å². The van der Waals surface area contributed by atoms with Gasteiger partial charge in [0.15, 0.2) is 16.8 Å². The van der Waals surface area contributed by atoms with Gasteiger partial charge in [-0.3, -0.25) is 9.36 Å². The highest BCUT2D eigenvalue weighted by Gasteiger charge is 2.39. The van der Waals surface area contributed by atoms with E-state index < -0.39 is 5.54 Å². The fraction of sp³-hybridized carbons (Fsp3) is 0.320. The molecule has 9 heteroatoms. The van der Waals surface area contributed by atoms with Crippen molar-refractivity contribution in [1.82, 2.24) is 30.2 Å². The molecule has 0 bridgehead atoms. The maximum atomic E-state index is 13.1. The van der Waals surface area contributed by atoms with Gasteiger partial charge in [0.2, 0.25) is 11.8 Å². The summed E-state index contributed by atoms with van der Waals surface area (Å²) in [6.45, 7) is 1.77. The number of hydrogen-bond acceptors (Lipinski definition) is 7. The van der Waals surface area contributed by atoms with E-state index in [2.05, 4.69) is 25.7 Å². The van der Waals surface area contributed by atoms with Gasteiger partial charge in [0.1, 0.15) is 5.54 Å². The summed E-state index contributed by atoms with van der Waals surface area (Å²) in [6, 6.07) is 19.9. The van der Waals surface area contributed by atoms with Crippen LogP contribution in [0.5, 0.6) is 0 Å². The summed E-state index contributed by atoms with van der Waals surface area (Å²) in [5.41, 5.74) is 1.33. The quantitative estimate of drug-likeness (QED) is 0.388. The number of benzene rings is 2. The van der Waals surface area contributed by atoms with Crippen LogP contribution < -0.4 is 5.32 Å². The predicted molar refractivity (Wildman–Crippen MR) is 129 cm³/mol. The van der Waals surface area contributed by atoms with E-state index in [-0.39, 0.29) is 11.7 Å². The van der Waals surface area contributed by atoms with Gasteiger partial charge in [-0.1, -0.05) is 84.7 Å². The largest absolute Gasteiger partial charge is 0.342 e. The molecule has 0 radical (unpaired) electrons. The minimum absolute atomic E-state index is 0.0850. The molecule has 1 saturated carbocycles. The van der Waals surface area contributed by atoms with E-state index in [1.807, 2.05) is 65.2 Å². The number of thioether (sulfide) groups is 1. The fourth-order valence-corrected chi connectivity index (χ4v) is 5.19. The Labute approximate surface area is 202 Å². The van der Waals surface area contributed by atoms with Crippen molar-refractivity contribution in [2.75, 3.05) is 5.75 Å². The van der Waals surface area contributed by atoms with Gasteiger partial charge < -0.3 is 9.84 Å². The van der Waals surface area contributed by atoms with Crippen LogP contribution in [0.4, 0.5) is 0 Å². The number of nitrogens with one attached hydrogen (secondary N) is 1. The van der Waals surface area contributed by atoms with Gasteiger partial charge in [-0.05, 0) is 25.0 Å². The van der Waals surface area contributed by atoms with Crippen molar-refractivity contribution in [3.8, 4) is 17.1 Å². The molecule has 0 atom stereocenters. The second-order valence-corrected chi connectivity index (χ2v) is 9.40. The second kappa shape index (κ2) is 9.80. The molecule has 0 saturated heterocycles. The Bertz CT molecular complexity index is 1250. The third-order valence-electron chi connectivity index (χ3n) is 6.05. The number of para-hydroxylation sites is 1. The summed E-state index contributed by atoms with van der Waals surface area (Å²) in [6.07, 6.45) is 4.79. The van der Waals surface area contributed by atoms with Gasteiger partial charge in [0.05, 0.1) is 5.75 Å². The lowest BCUT2D eigenvalue weighted by Gasteiger charge is -2.35. The predicted octanol–water partition coefficient (Wildman–Crippen LogP) is 4.69. The lowest BCUT2D eigenvalue weighted by Crippen LogP contribution is -2.48. The first-order chi connectivity index (χ1) is 16.6. The molecule has 0 unspecified atom stereocenters. The van der Waals surface area contributed by atoms with Gasteiger partial charge >= 0.3 is 0 Å². The average molecular weight is 475 g/mol. The number of hydrogen-bond donors (Lipinski definition) is 1. The summed E-state index contributed by atoms with van der Waals surface area (Å²) >= 11 is 1.37. The first-order valence-electron chi connectivity index (χ1n) is 11.5. The van der Waals surface area contributed by atoms with E-state index in [4.69, 9.17) is 4.52 Å². The van der Waals surface area contributed by atoms with Crippen LogP contribution in [0.25, 0.3) is 17.1 Å². The highest BCUT2D eigenvalue weighted by molar-refractivity contribution is 7.99. The smallest absolute Gasteiger partial charge is 0.231 e. The summed E-state index contributed by atoms with van der Waals surface area (Å²) in [5, 5.41) is 16.9. The Kier molecular flexibility index (Phi) is 6.44. The number of nitrogens with zero attached hydrogens (tertiary/aromatic N) is 5. The van der Waals surface area contributed by atoms with Crippen molar-refractivity contribution >= 4 is 17.7 Å². The van der Waals surface area contributed by atoms with Crippen LogP contribution in [0, 0.1) is 6.92 Å². The SMILES string of the molecule is Cc1nc(C2(NC(=O)CSc3nnc(-c4ccccc4)n3-c3ccccc3)CCCCC2)no1. The lowest BCUT2D eigenvalue weighted by atomic mass is 9.81. The zero-order valence-corrected chi connectivity index (χ0v) is 19.8. The zero-order chi connectivity index (χ0) is 23.4. The second-order valence-electron chi connectivity index (χ2n) is 8.46. The molecule has 2 aromatic carbocycles. The molecule has 0 spiro atoms. The van der Waals surface area contributed by atoms with Crippen molar-refractivity contribution in [2.45, 2.75) is 49.7 Å². The van der Waals surface area contributed by atoms with Crippen molar-refractivity contribution < 1.29 is 9.32 Å². The number of carbonyl (C=O) groups excluding carboxylic acids is 1. The molecule has 1 N–H and O–H groups in total. The summed E-state index contributed by atoms with van der Waals surface area (Å²) in [4.78, 5) is 17.6. The topological polar surface area (TPSA) is 98.7 Å². The molecule has 34 heavy (non-hydrogen) atoms. The van der Waals surface area contributed by atoms with Gasteiger partial charge in [-0.2, -0.15) is 4.98 Å². The monoisotopic (exact) mass is 474 g/mol. The van der Waals surface area contributed by atoms with E-state index in [9.17, 15) is 4.79 Å². The van der Waals surface area contributed by atoms with Crippen LogP contribution in [0.1, 0.15) is 43.8 Å². The highest BCUT2D eigenvalue weighted by Crippen LogP contribution is 2.36. The normalized spacial score (nSPS) is 15.2. The molecule has 174 valence electrons. The molecule has 1 amide bonds. The van der Waals surface area contributed by atoms with Crippen LogP contribution in [-0.4, -0.2) is 36.6 Å². The van der Waals surface area contributed by atoms with E-state index in [1.165, 1.54) is 11.8 Å². The molecule has 1 aliphatic rings. The first-order valence-corrected chi connectivity index (χ1v) is 12.4. The van der Waals surface area contributed by atoms with E-state index in [0.29, 0.717) is 16.9 Å². The van der Waals surface area contributed by atoms with Crippen molar-refractivity contribution in [3.05, 3.63) is 72.4 Å². The Morgan fingerprint density at radius 3 is 2.41 bits per heavy atom. The number of aromatic nitrogens is 5. The van der Waals surface area contributed by atoms with Gasteiger partial charge in [0, 0.05) is 18.2 Å². The van der Waals surface area contributed by atoms with Crippen molar-refractivity contribution in [2.24, 2.45) is 0 Å². The third-order valence-corrected chi connectivity index (χ3v) is 6.98. The first kappa shape index (κ1) is 22.3. The molecule has 1 aliphatic carbocycles. The standard InChI is InChI=1S/C25H26N6O2S/c1-18-26-23(30-33-18)25(15-9-4-10-16-25)27-21(32)17-34-24-29-28-22(19-11-5-2-6-12-19)31(24)20-13-7-3-8-14-20/h2-3,5-8,11-14H,4,9-10,15-17H2,1H3,(H,27,32). The number of amides is 1. The molecule has 2 heterocycles. The molecule has 2 aromatic heterocycles. The Balaban J connectivity index is 1.38. The molecule has 4 aromatic rings. The molecular formula is C25H26N6O2S. The maximum Gasteiger partial charge on any atom is 0.231 e. The van der Waals surface area contributed by atoms with E-state index in [0.717, 1.165) is 49.2 Å². The minimum atomic E-state index is -0.573. The fourth-order valence-electron chi connectivity index (χ4n) is 4.43. The lowest BCUT2D eigenvalue weighted by molar-refractivity contribution is -0.121. The average Bonchev–Trinajstić information content (AvgIpc) is 3.51. The highest BCUT2D eigenvalue weighted by atomic mass is 32.2.